The molecule has 114 valence electrons. The van der Waals surface area contributed by atoms with Crippen LogP contribution >= 0.6 is 0 Å². The van der Waals surface area contributed by atoms with Crippen LogP contribution in [0.1, 0.15) is 25.6 Å². The molecule has 1 N–H and O–H groups in total. The summed E-state index contributed by atoms with van der Waals surface area (Å²) < 4.78 is 10.8. The maximum Gasteiger partial charge on any atom is 0.257 e. The second-order valence-corrected chi connectivity index (χ2v) is 4.55. The molecule has 6 nitrogen and oxygen atoms in total. The van der Waals surface area contributed by atoms with Gasteiger partial charge in [0, 0.05) is 18.9 Å². The summed E-state index contributed by atoms with van der Waals surface area (Å²) >= 11 is 0. The molecule has 0 radical (unpaired) electrons. The molecule has 0 aliphatic carbocycles. The Morgan fingerprint density at radius 1 is 1.29 bits per heavy atom. The number of aromatic nitrogens is 2. The van der Waals surface area contributed by atoms with E-state index in [1.54, 1.807) is 25.8 Å². The Labute approximate surface area is 125 Å². The highest BCUT2D eigenvalue weighted by Crippen LogP contribution is 2.23. The third-order valence-electron chi connectivity index (χ3n) is 3.45. The van der Waals surface area contributed by atoms with Gasteiger partial charge in [0.2, 0.25) is 0 Å². The largest absolute Gasteiger partial charge is 0.478 e. The molecule has 1 atom stereocenters. The summed E-state index contributed by atoms with van der Waals surface area (Å²) in [5, 5.41) is 3.30. The first-order chi connectivity index (χ1) is 10.3. The van der Waals surface area contributed by atoms with Crippen LogP contribution in [0.2, 0.25) is 0 Å². The minimum absolute atomic E-state index is 0.140. The highest BCUT2D eigenvalue weighted by Gasteiger charge is 2.21. The van der Waals surface area contributed by atoms with Gasteiger partial charge in [-0.05, 0) is 25.2 Å². The fourth-order valence-electron chi connectivity index (χ4n) is 2.34. The molecule has 0 spiro atoms. The lowest BCUT2D eigenvalue weighted by Crippen LogP contribution is -2.33. The molecule has 0 bridgehead atoms. The van der Waals surface area contributed by atoms with E-state index >= 15 is 0 Å². The smallest absolute Gasteiger partial charge is 0.257 e. The monoisotopic (exact) mass is 290 g/mol. The van der Waals surface area contributed by atoms with Gasteiger partial charge in [-0.2, -0.15) is 0 Å². The maximum absolute atomic E-state index is 5.58. The SMILES string of the molecule is CCN(CC)C(CNc1nccnc1OC)c1ccco1. The van der Waals surface area contributed by atoms with Crippen LogP contribution in [-0.2, 0) is 0 Å². The quantitative estimate of drug-likeness (QED) is 0.806. The van der Waals surface area contributed by atoms with Crippen molar-refractivity contribution in [3.63, 3.8) is 0 Å². The van der Waals surface area contributed by atoms with Crippen LogP contribution in [0.3, 0.4) is 0 Å². The Hall–Kier alpha value is -2.08. The molecular weight excluding hydrogens is 268 g/mol. The molecule has 0 aliphatic heterocycles. The molecule has 2 rings (SSSR count). The zero-order valence-electron chi connectivity index (χ0n) is 12.7. The van der Waals surface area contributed by atoms with Crippen molar-refractivity contribution in [3.8, 4) is 5.88 Å². The van der Waals surface area contributed by atoms with Crippen LogP contribution in [0.15, 0.2) is 35.2 Å². The highest BCUT2D eigenvalue weighted by molar-refractivity contribution is 5.44. The molecule has 6 heteroatoms. The summed E-state index contributed by atoms with van der Waals surface area (Å²) in [6.45, 7) is 6.84. The fraction of sp³-hybridized carbons (Fsp3) is 0.467. The molecule has 21 heavy (non-hydrogen) atoms. The third-order valence-corrected chi connectivity index (χ3v) is 3.45. The normalized spacial score (nSPS) is 12.4. The second-order valence-electron chi connectivity index (χ2n) is 4.55. The lowest BCUT2D eigenvalue weighted by Gasteiger charge is -2.28. The number of hydrogen-bond acceptors (Lipinski definition) is 6. The average molecular weight is 290 g/mol. The van der Waals surface area contributed by atoms with Crippen molar-refractivity contribution in [2.75, 3.05) is 32.1 Å². The summed E-state index contributed by atoms with van der Waals surface area (Å²) in [5.74, 6) is 2.08. The van der Waals surface area contributed by atoms with Gasteiger partial charge in [0.05, 0.1) is 19.4 Å². The maximum atomic E-state index is 5.58. The number of nitrogens with one attached hydrogen (secondary N) is 1. The average Bonchev–Trinajstić information content (AvgIpc) is 3.05. The minimum atomic E-state index is 0.140. The Balaban J connectivity index is 2.12. The number of likely N-dealkylation sites (N-methyl/N-ethyl adjacent to an activating group) is 1. The van der Waals surface area contributed by atoms with E-state index < -0.39 is 0 Å². The summed E-state index contributed by atoms with van der Waals surface area (Å²) in [5.41, 5.74) is 0. The highest BCUT2D eigenvalue weighted by atomic mass is 16.5. The van der Waals surface area contributed by atoms with Crippen molar-refractivity contribution < 1.29 is 9.15 Å². The van der Waals surface area contributed by atoms with E-state index in [4.69, 9.17) is 9.15 Å². The van der Waals surface area contributed by atoms with Crippen molar-refractivity contribution in [1.29, 1.82) is 0 Å². The Morgan fingerprint density at radius 3 is 2.67 bits per heavy atom. The number of hydrogen-bond donors (Lipinski definition) is 1. The predicted octanol–water partition coefficient (Wildman–Crippen LogP) is 2.57. The number of anilines is 1. The zero-order valence-corrected chi connectivity index (χ0v) is 12.7. The molecule has 0 aromatic carbocycles. The topological polar surface area (TPSA) is 63.4 Å². The number of nitrogens with zero attached hydrogens (tertiary/aromatic N) is 3. The lowest BCUT2D eigenvalue weighted by molar-refractivity contribution is 0.201. The Kier molecular flexibility index (Phi) is 5.57. The molecular formula is C15H22N4O2. The van der Waals surface area contributed by atoms with E-state index in [2.05, 4.69) is 34.0 Å². The zero-order chi connectivity index (χ0) is 15.1. The third kappa shape index (κ3) is 3.72. The Morgan fingerprint density at radius 2 is 2.05 bits per heavy atom. The number of ether oxygens (including phenoxy) is 1. The van der Waals surface area contributed by atoms with Crippen LogP contribution in [-0.4, -0.2) is 41.6 Å². The standard InChI is InChI=1S/C15H22N4O2/c1-4-19(5-2)12(13-7-6-10-21-13)11-18-14-15(20-3)17-9-8-16-14/h6-10,12H,4-5,11H2,1-3H3,(H,16,18). The minimum Gasteiger partial charge on any atom is -0.478 e. The molecule has 2 aromatic rings. The van der Waals surface area contributed by atoms with Crippen molar-refractivity contribution in [2.45, 2.75) is 19.9 Å². The molecule has 1 unspecified atom stereocenters. The van der Waals surface area contributed by atoms with Crippen LogP contribution in [0.5, 0.6) is 5.88 Å². The van der Waals surface area contributed by atoms with Gasteiger partial charge in [0.15, 0.2) is 5.82 Å². The molecule has 0 aliphatic rings. The van der Waals surface area contributed by atoms with Crippen molar-refractivity contribution in [1.82, 2.24) is 14.9 Å². The fourth-order valence-corrected chi connectivity index (χ4v) is 2.34. The molecule has 0 saturated carbocycles. The van der Waals surface area contributed by atoms with Gasteiger partial charge in [0.1, 0.15) is 5.76 Å². The summed E-state index contributed by atoms with van der Waals surface area (Å²) in [6.07, 6.45) is 4.96. The molecule has 0 amide bonds. The van der Waals surface area contributed by atoms with Gasteiger partial charge in [0.25, 0.3) is 5.88 Å². The van der Waals surface area contributed by atoms with E-state index in [1.807, 2.05) is 12.1 Å². The van der Waals surface area contributed by atoms with Crippen molar-refractivity contribution >= 4 is 5.82 Å². The summed E-state index contributed by atoms with van der Waals surface area (Å²) in [6, 6.07) is 4.05. The number of methoxy groups -OCH3 is 1. The summed E-state index contributed by atoms with van der Waals surface area (Å²) in [4.78, 5) is 10.7. The van der Waals surface area contributed by atoms with Gasteiger partial charge < -0.3 is 14.5 Å². The van der Waals surface area contributed by atoms with Crippen LogP contribution in [0.4, 0.5) is 5.82 Å². The first kappa shape index (κ1) is 15.3. The molecule has 2 heterocycles. The van der Waals surface area contributed by atoms with E-state index in [0.717, 1.165) is 18.8 Å². The first-order valence-corrected chi connectivity index (χ1v) is 7.16. The van der Waals surface area contributed by atoms with E-state index in [1.165, 1.54) is 0 Å². The van der Waals surface area contributed by atoms with E-state index in [9.17, 15) is 0 Å². The van der Waals surface area contributed by atoms with Crippen LogP contribution in [0, 0.1) is 0 Å². The van der Waals surface area contributed by atoms with Gasteiger partial charge >= 0.3 is 0 Å². The van der Waals surface area contributed by atoms with Crippen molar-refractivity contribution in [2.24, 2.45) is 0 Å². The second kappa shape index (κ2) is 7.64. The van der Waals surface area contributed by atoms with Gasteiger partial charge in [-0.25, -0.2) is 9.97 Å². The predicted molar refractivity (Wildman–Crippen MR) is 81.4 cm³/mol. The van der Waals surface area contributed by atoms with Crippen LogP contribution in [0.25, 0.3) is 0 Å². The van der Waals surface area contributed by atoms with Gasteiger partial charge in [-0.3, -0.25) is 4.90 Å². The Bertz CT molecular complexity index is 526. The number of furan rings is 1. The summed E-state index contributed by atoms with van der Waals surface area (Å²) in [7, 11) is 1.59. The van der Waals surface area contributed by atoms with Crippen LogP contribution < -0.4 is 10.1 Å². The van der Waals surface area contributed by atoms with E-state index in [-0.39, 0.29) is 6.04 Å². The molecule has 2 aromatic heterocycles. The van der Waals surface area contributed by atoms with Gasteiger partial charge in [-0.15, -0.1) is 0 Å². The lowest BCUT2D eigenvalue weighted by atomic mass is 10.2. The van der Waals surface area contributed by atoms with Gasteiger partial charge in [-0.1, -0.05) is 13.8 Å². The molecule has 0 fully saturated rings. The molecule has 0 saturated heterocycles. The number of rotatable bonds is 8. The van der Waals surface area contributed by atoms with Crippen molar-refractivity contribution in [3.05, 3.63) is 36.5 Å². The van der Waals surface area contributed by atoms with E-state index in [0.29, 0.717) is 18.2 Å². The first-order valence-electron chi connectivity index (χ1n) is 7.16.